The van der Waals surface area contributed by atoms with Crippen molar-refractivity contribution in [1.82, 2.24) is 4.98 Å². The normalized spacial score (nSPS) is 10.9. The molecule has 0 saturated carbocycles. The Morgan fingerprint density at radius 1 is 1.08 bits per heavy atom. The monoisotopic (exact) mass is 340 g/mol. The summed E-state index contributed by atoms with van der Waals surface area (Å²) in [5.74, 6) is 0.912. The number of H-pyrrole nitrogens is 1. The average molecular weight is 340 g/mol. The maximum Gasteiger partial charge on any atom is 0.253 e. The van der Waals surface area contributed by atoms with E-state index in [9.17, 15) is 4.79 Å². The molecule has 0 unspecified atom stereocenters. The van der Waals surface area contributed by atoms with Crippen LogP contribution in [0.3, 0.4) is 0 Å². The topological polar surface area (TPSA) is 65.1 Å². The molecule has 2 aromatic carbocycles. The number of hydrogen-bond acceptors (Lipinski definition) is 4. The number of aliphatic hydroxyl groups is 1. The fourth-order valence-corrected chi connectivity index (χ4v) is 3.28. The smallest absolute Gasteiger partial charge is 0.253 e. The Kier molecular flexibility index (Phi) is 5.56. The zero-order valence-electron chi connectivity index (χ0n) is 13.3. The molecule has 3 rings (SSSR count). The van der Waals surface area contributed by atoms with Crippen LogP contribution in [0.5, 0.6) is 0 Å². The van der Waals surface area contributed by atoms with Crippen molar-refractivity contribution in [3.05, 3.63) is 70.5 Å². The third kappa shape index (κ3) is 4.19. The maximum absolute atomic E-state index is 12.1. The Bertz CT molecular complexity index is 859. The minimum Gasteiger partial charge on any atom is -0.396 e. The molecule has 0 atom stereocenters. The van der Waals surface area contributed by atoms with Crippen molar-refractivity contribution in [1.29, 1.82) is 0 Å². The number of aromatic nitrogens is 1. The number of aliphatic hydroxyl groups excluding tert-OH is 1. The Hall–Kier alpha value is -2.24. The molecular formula is C19H20N2O2S. The van der Waals surface area contributed by atoms with Gasteiger partial charge in [0.1, 0.15) is 0 Å². The van der Waals surface area contributed by atoms with Crippen molar-refractivity contribution in [2.24, 2.45) is 0 Å². The highest BCUT2D eigenvalue weighted by Crippen LogP contribution is 2.21. The fraction of sp³-hybridized carbons (Fsp3) is 0.211. The number of rotatable bonds is 7. The van der Waals surface area contributed by atoms with Crippen LogP contribution in [0.15, 0.2) is 64.3 Å². The highest BCUT2D eigenvalue weighted by molar-refractivity contribution is 7.99. The SMILES string of the molecule is O=c1[nH]c2ccccc2cc1CNc1ccc(SCCCO)cc1. The van der Waals surface area contributed by atoms with E-state index in [1.165, 1.54) is 4.90 Å². The van der Waals surface area contributed by atoms with Crippen molar-refractivity contribution in [2.45, 2.75) is 17.9 Å². The number of benzene rings is 2. The number of anilines is 1. The van der Waals surface area contributed by atoms with Gasteiger partial charge in [0.05, 0.1) is 0 Å². The van der Waals surface area contributed by atoms with Gasteiger partial charge in [-0.05, 0) is 48.2 Å². The zero-order chi connectivity index (χ0) is 16.8. The number of pyridine rings is 1. The molecule has 0 fully saturated rings. The Labute approximate surface area is 144 Å². The van der Waals surface area contributed by atoms with E-state index in [0.717, 1.165) is 34.3 Å². The number of hydrogen-bond donors (Lipinski definition) is 3. The third-order valence-corrected chi connectivity index (χ3v) is 4.84. The van der Waals surface area contributed by atoms with Crippen LogP contribution in [0.25, 0.3) is 10.9 Å². The summed E-state index contributed by atoms with van der Waals surface area (Å²) < 4.78 is 0. The number of aromatic amines is 1. The first-order chi connectivity index (χ1) is 11.8. The summed E-state index contributed by atoms with van der Waals surface area (Å²) in [7, 11) is 0. The van der Waals surface area contributed by atoms with E-state index in [-0.39, 0.29) is 12.2 Å². The van der Waals surface area contributed by atoms with Crippen molar-refractivity contribution in [2.75, 3.05) is 17.7 Å². The lowest BCUT2D eigenvalue weighted by Gasteiger charge is -2.08. The van der Waals surface area contributed by atoms with Crippen LogP contribution in [-0.2, 0) is 6.54 Å². The third-order valence-electron chi connectivity index (χ3n) is 3.74. The minimum atomic E-state index is -0.0580. The molecule has 124 valence electrons. The Balaban J connectivity index is 1.65. The molecule has 1 aromatic heterocycles. The summed E-state index contributed by atoms with van der Waals surface area (Å²) in [6.07, 6.45) is 0.801. The fourth-order valence-electron chi connectivity index (χ4n) is 2.44. The van der Waals surface area contributed by atoms with Gasteiger partial charge in [-0.3, -0.25) is 4.79 Å². The summed E-state index contributed by atoms with van der Waals surface area (Å²) in [6, 6.07) is 17.8. The molecule has 0 aliphatic rings. The molecule has 0 aliphatic carbocycles. The molecule has 3 aromatic rings. The predicted octanol–water partition coefficient (Wildman–Crippen LogP) is 3.61. The number of thioether (sulfide) groups is 1. The van der Waals surface area contributed by atoms with E-state index >= 15 is 0 Å². The quantitative estimate of drug-likeness (QED) is 0.454. The molecule has 24 heavy (non-hydrogen) atoms. The highest BCUT2D eigenvalue weighted by Gasteiger charge is 2.03. The largest absolute Gasteiger partial charge is 0.396 e. The van der Waals surface area contributed by atoms with E-state index < -0.39 is 0 Å². The first kappa shape index (κ1) is 16.6. The van der Waals surface area contributed by atoms with Gasteiger partial charge in [0.15, 0.2) is 0 Å². The van der Waals surface area contributed by atoms with Gasteiger partial charge in [-0.2, -0.15) is 0 Å². The maximum atomic E-state index is 12.1. The molecule has 0 amide bonds. The summed E-state index contributed by atoms with van der Waals surface area (Å²) >= 11 is 1.73. The predicted molar refractivity (Wildman–Crippen MR) is 101 cm³/mol. The Morgan fingerprint density at radius 3 is 2.67 bits per heavy atom. The number of nitrogens with one attached hydrogen (secondary N) is 2. The van der Waals surface area contributed by atoms with Crippen molar-refractivity contribution in [3.63, 3.8) is 0 Å². The number of para-hydroxylation sites is 1. The highest BCUT2D eigenvalue weighted by atomic mass is 32.2. The summed E-state index contributed by atoms with van der Waals surface area (Å²) in [5, 5.41) is 13.1. The molecule has 0 aliphatic heterocycles. The van der Waals surface area contributed by atoms with E-state index in [1.807, 2.05) is 42.5 Å². The lowest BCUT2D eigenvalue weighted by molar-refractivity contribution is 0.296. The molecule has 0 spiro atoms. The molecule has 1 heterocycles. The van der Waals surface area contributed by atoms with Crippen LogP contribution < -0.4 is 10.9 Å². The number of fused-ring (bicyclic) bond motifs is 1. The van der Waals surface area contributed by atoms with Crippen LogP contribution >= 0.6 is 11.8 Å². The van der Waals surface area contributed by atoms with Crippen LogP contribution in [0, 0.1) is 0 Å². The second-order valence-electron chi connectivity index (χ2n) is 5.51. The van der Waals surface area contributed by atoms with Crippen LogP contribution in [0.1, 0.15) is 12.0 Å². The van der Waals surface area contributed by atoms with Crippen molar-refractivity contribution < 1.29 is 5.11 Å². The van der Waals surface area contributed by atoms with Crippen molar-refractivity contribution >= 4 is 28.4 Å². The lowest BCUT2D eigenvalue weighted by atomic mass is 10.1. The van der Waals surface area contributed by atoms with Gasteiger partial charge < -0.3 is 15.4 Å². The van der Waals surface area contributed by atoms with Gasteiger partial charge in [-0.1, -0.05) is 18.2 Å². The van der Waals surface area contributed by atoms with Crippen LogP contribution in [-0.4, -0.2) is 22.5 Å². The summed E-state index contributed by atoms with van der Waals surface area (Å²) in [6.45, 7) is 0.712. The molecule has 0 bridgehead atoms. The first-order valence-electron chi connectivity index (χ1n) is 7.95. The Morgan fingerprint density at radius 2 is 1.88 bits per heavy atom. The van der Waals surface area contributed by atoms with Gasteiger partial charge in [0.2, 0.25) is 0 Å². The zero-order valence-corrected chi connectivity index (χ0v) is 14.1. The standard InChI is InChI=1S/C19H20N2O2S/c22-10-3-11-24-17-8-6-16(7-9-17)20-13-15-12-14-4-1-2-5-18(14)21-19(15)23/h1-2,4-9,12,20,22H,3,10-11,13H2,(H,21,23). The van der Waals surface area contributed by atoms with Gasteiger partial charge in [0.25, 0.3) is 5.56 Å². The molecule has 4 nitrogen and oxygen atoms in total. The van der Waals surface area contributed by atoms with Gasteiger partial charge in [-0.15, -0.1) is 11.8 Å². The van der Waals surface area contributed by atoms with Crippen LogP contribution in [0.4, 0.5) is 5.69 Å². The average Bonchev–Trinajstić information content (AvgIpc) is 2.61. The minimum absolute atomic E-state index is 0.0580. The molecule has 0 radical (unpaired) electrons. The van der Waals surface area contributed by atoms with E-state index in [2.05, 4.69) is 22.4 Å². The second kappa shape index (κ2) is 8.04. The molecule has 3 N–H and O–H groups in total. The first-order valence-corrected chi connectivity index (χ1v) is 8.93. The summed E-state index contributed by atoms with van der Waals surface area (Å²) in [4.78, 5) is 16.2. The lowest BCUT2D eigenvalue weighted by Crippen LogP contribution is -2.15. The van der Waals surface area contributed by atoms with Crippen LogP contribution in [0.2, 0.25) is 0 Å². The van der Waals surface area contributed by atoms with Crippen molar-refractivity contribution in [3.8, 4) is 0 Å². The van der Waals surface area contributed by atoms with Gasteiger partial charge in [0, 0.05) is 40.6 Å². The molecule has 5 heteroatoms. The van der Waals surface area contributed by atoms with Gasteiger partial charge in [-0.25, -0.2) is 0 Å². The van der Waals surface area contributed by atoms with E-state index in [4.69, 9.17) is 5.11 Å². The van der Waals surface area contributed by atoms with E-state index in [0.29, 0.717) is 6.54 Å². The summed E-state index contributed by atoms with van der Waals surface area (Å²) in [5.41, 5.74) is 2.50. The molecule has 0 saturated heterocycles. The molecular weight excluding hydrogens is 320 g/mol. The second-order valence-corrected chi connectivity index (χ2v) is 6.68. The van der Waals surface area contributed by atoms with Gasteiger partial charge >= 0.3 is 0 Å². The van der Waals surface area contributed by atoms with E-state index in [1.54, 1.807) is 11.8 Å².